The molecule has 0 saturated carbocycles. The number of benzene rings is 4. The van der Waals surface area contributed by atoms with E-state index in [4.69, 9.17) is 40.8 Å². The number of ether oxygens (including phenoxy) is 4. The molecule has 1 aliphatic heterocycles. The summed E-state index contributed by atoms with van der Waals surface area (Å²) in [5.74, 6) is 0.852. The number of hydrogen-bond acceptors (Lipinski definition) is 9. The monoisotopic (exact) mass is 691 g/mol. The summed E-state index contributed by atoms with van der Waals surface area (Å²) in [6.45, 7) is 2.10. The van der Waals surface area contributed by atoms with Gasteiger partial charge in [0.1, 0.15) is 12.4 Å². The number of rotatable bonds is 10. The second kappa shape index (κ2) is 14.6. The normalized spacial score (nSPS) is 14.0. The van der Waals surface area contributed by atoms with Crippen molar-refractivity contribution in [3.63, 3.8) is 0 Å². The molecule has 9 nitrogen and oxygen atoms in total. The van der Waals surface area contributed by atoms with Gasteiger partial charge >= 0.3 is 5.97 Å². The Labute approximate surface area is 291 Å². The average molecular weight is 692 g/mol. The number of nitrogens with zero attached hydrogens (tertiary/aromatic N) is 3. The lowest BCUT2D eigenvalue weighted by Gasteiger charge is -2.26. The van der Waals surface area contributed by atoms with Gasteiger partial charge in [-0.3, -0.25) is 9.36 Å². The van der Waals surface area contributed by atoms with Crippen LogP contribution in [-0.4, -0.2) is 31.4 Å². The highest BCUT2D eigenvalue weighted by atomic mass is 35.5. The van der Waals surface area contributed by atoms with Crippen LogP contribution in [0.25, 0.3) is 11.8 Å². The molecule has 49 heavy (non-hydrogen) atoms. The minimum absolute atomic E-state index is 0.132. The number of esters is 1. The molecule has 5 aromatic rings. The summed E-state index contributed by atoms with van der Waals surface area (Å²) in [4.78, 5) is 33.5. The minimum Gasteiger partial charge on any atom is -0.493 e. The zero-order valence-electron chi connectivity index (χ0n) is 26.8. The fourth-order valence-electron chi connectivity index (χ4n) is 5.52. The molecule has 1 aromatic heterocycles. The van der Waals surface area contributed by atoms with E-state index in [2.05, 4.69) is 6.07 Å². The summed E-state index contributed by atoms with van der Waals surface area (Å²) < 4.78 is 24.7. The van der Waals surface area contributed by atoms with Gasteiger partial charge in [-0.2, -0.15) is 5.26 Å². The third-order valence-corrected chi connectivity index (χ3v) is 9.05. The second-order valence-corrected chi connectivity index (χ2v) is 12.3. The first-order chi connectivity index (χ1) is 23.8. The van der Waals surface area contributed by atoms with E-state index in [0.29, 0.717) is 59.6 Å². The van der Waals surface area contributed by atoms with Crippen molar-refractivity contribution in [2.75, 3.05) is 20.8 Å². The van der Waals surface area contributed by atoms with E-state index in [1.165, 1.54) is 30.1 Å². The Balaban J connectivity index is 1.54. The van der Waals surface area contributed by atoms with E-state index in [0.717, 1.165) is 5.56 Å². The molecule has 0 radical (unpaired) electrons. The van der Waals surface area contributed by atoms with Gasteiger partial charge in [-0.15, -0.1) is 0 Å². The molecular formula is C38H30ClN3O6S. The number of aromatic nitrogens is 1. The lowest BCUT2D eigenvalue weighted by atomic mass is 9.93. The molecule has 2 heterocycles. The number of methoxy groups -OCH3 is 2. The number of carbonyl (C=O) groups is 1. The zero-order chi connectivity index (χ0) is 34.5. The highest BCUT2D eigenvalue weighted by Crippen LogP contribution is 2.38. The van der Waals surface area contributed by atoms with Gasteiger partial charge in [0.05, 0.1) is 54.3 Å². The van der Waals surface area contributed by atoms with Gasteiger partial charge in [-0.05, 0) is 66.6 Å². The number of carbonyl (C=O) groups excluding carboxylic acids is 1. The first kappa shape index (κ1) is 33.3. The van der Waals surface area contributed by atoms with Gasteiger partial charge in [-0.1, -0.05) is 71.5 Å². The third kappa shape index (κ3) is 6.85. The Bertz CT molecular complexity index is 2290. The van der Waals surface area contributed by atoms with E-state index in [-0.39, 0.29) is 24.3 Å². The van der Waals surface area contributed by atoms with Crippen LogP contribution in [-0.2, 0) is 16.1 Å². The van der Waals surface area contributed by atoms with E-state index in [9.17, 15) is 9.59 Å². The second-order valence-electron chi connectivity index (χ2n) is 10.8. The molecule has 0 amide bonds. The fourth-order valence-corrected chi connectivity index (χ4v) is 6.69. The van der Waals surface area contributed by atoms with E-state index in [1.807, 2.05) is 42.5 Å². The van der Waals surface area contributed by atoms with E-state index in [1.54, 1.807) is 61.5 Å². The van der Waals surface area contributed by atoms with Crippen LogP contribution in [0.5, 0.6) is 17.2 Å². The molecule has 1 aliphatic rings. The summed E-state index contributed by atoms with van der Waals surface area (Å²) in [7, 11) is 3.06. The molecule has 0 fully saturated rings. The van der Waals surface area contributed by atoms with Crippen molar-refractivity contribution >= 4 is 40.7 Å². The molecule has 246 valence electrons. The standard InChI is InChI=1S/C38H30ClN3O6S/c1-4-47-37(44)33-34(25-8-6-5-7-9-25)41-38-42(35(33)26-14-16-30(45-2)31(19-26)46-3)36(43)32(49-38)20-27-18-28(39)15-17-29(27)48-22-24-12-10-23(21-40)11-13-24/h5-20,35H,4,22H2,1-3H3/b32-20-/t35-/m0/s1. The molecular weight excluding hydrogens is 662 g/mol. The average Bonchev–Trinajstić information content (AvgIpc) is 3.44. The molecule has 1 atom stereocenters. The minimum atomic E-state index is -0.904. The van der Waals surface area contributed by atoms with Crippen LogP contribution >= 0.6 is 22.9 Å². The number of thiazole rings is 1. The zero-order valence-corrected chi connectivity index (χ0v) is 28.4. The molecule has 0 aliphatic carbocycles. The van der Waals surface area contributed by atoms with Gasteiger partial charge < -0.3 is 18.9 Å². The predicted molar refractivity (Wildman–Crippen MR) is 188 cm³/mol. The molecule has 0 unspecified atom stereocenters. The Kier molecular flexibility index (Phi) is 9.95. The van der Waals surface area contributed by atoms with Crippen LogP contribution in [0.3, 0.4) is 0 Å². The maximum atomic E-state index is 14.4. The van der Waals surface area contributed by atoms with Crippen molar-refractivity contribution in [1.82, 2.24) is 4.57 Å². The number of fused-ring (bicyclic) bond motifs is 1. The Morgan fingerprint density at radius 3 is 2.41 bits per heavy atom. The van der Waals surface area contributed by atoms with E-state index >= 15 is 0 Å². The van der Waals surface area contributed by atoms with Crippen molar-refractivity contribution in [2.24, 2.45) is 4.99 Å². The quantitative estimate of drug-likeness (QED) is 0.164. The highest BCUT2D eigenvalue weighted by Gasteiger charge is 2.35. The van der Waals surface area contributed by atoms with Gasteiger partial charge in [-0.25, -0.2) is 9.79 Å². The van der Waals surface area contributed by atoms with Crippen molar-refractivity contribution in [2.45, 2.75) is 19.6 Å². The topological polar surface area (TPSA) is 112 Å². The summed E-state index contributed by atoms with van der Waals surface area (Å²) in [5.41, 5.74) is 3.56. The predicted octanol–water partition coefficient (Wildman–Crippen LogP) is 6.06. The maximum Gasteiger partial charge on any atom is 0.338 e. The first-order valence-corrected chi connectivity index (χ1v) is 16.5. The maximum absolute atomic E-state index is 14.4. The van der Waals surface area contributed by atoms with E-state index < -0.39 is 12.0 Å². The molecule has 0 bridgehead atoms. The number of hydrogen-bond donors (Lipinski definition) is 0. The van der Waals surface area contributed by atoms with Crippen LogP contribution in [0.4, 0.5) is 0 Å². The lowest BCUT2D eigenvalue weighted by Crippen LogP contribution is -2.40. The van der Waals surface area contributed by atoms with Gasteiger partial charge in [0, 0.05) is 16.1 Å². The smallest absolute Gasteiger partial charge is 0.338 e. The van der Waals surface area contributed by atoms with Gasteiger partial charge in [0.15, 0.2) is 16.3 Å². The molecule has 11 heteroatoms. The van der Waals surface area contributed by atoms with Crippen LogP contribution in [0.1, 0.15) is 40.8 Å². The van der Waals surface area contributed by atoms with Crippen molar-refractivity contribution < 1.29 is 23.7 Å². The number of nitriles is 1. The number of halogens is 1. The van der Waals surface area contributed by atoms with Crippen molar-refractivity contribution in [1.29, 1.82) is 5.26 Å². The summed E-state index contributed by atoms with van der Waals surface area (Å²) in [6.07, 6.45) is 1.71. The summed E-state index contributed by atoms with van der Waals surface area (Å²) in [6, 6.07) is 28.1. The Morgan fingerprint density at radius 2 is 1.71 bits per heavy atom. The third-order valence-electron chi connectivity index (χ3n) is 7.83. The highest BCUT2D eigenvalue weighted by molar-refractivity contribution is 7.07. The summed E-state index contributed by atoms with van der Waals surface area (Å²) in [5, 5.41) is 9.58. The largest absolute Gasteiger partial charge is 0.493 e. The fraction of sp³-hybridized carbons (Fsp3) is 0.158. The van der Waals surface area contributed by atoms with Crippen LogP contribution in [0.15, 0.2) is 106 Å². The van der Waals surface area contributed by atoms with Gasteiger partial charge in [0.25, 0.3) is 5.56 Å². The Morgan fingerprint density at radius 1 is 0.980 bits per heavy atom. The van der Waals surface area contributed by atoms with Crippen LogP contribution in [0.2, 0.25) is 5.02 Å². The molecule has 4 aromatic carbocycles. The summed E-state index contributed by atoms with van der Waals surface area (Å²) >= 11 is 7.60. The van der Waals surface area contributed by atoms with Crippen LogP contribution in [0, 0.1) is 11.3 Å². The first-order valence-electron chi connectivity index (χ1n) is 15.3. The van der Waals surface area contributed by atoms with Crippen molar-refractivity contribution in [3.05, 3.63) is 149 Å². The molecule has 6 rings (SSSR count). The van der Waals surface area contributed by atoms with Crippen LogP contribution < -0.4 is 29.1 Å². The SMILES string of the molecule is CCOC(=O)C1=C(c2ccccc2)N=c2s/c(=C\c3cc(Cl)ccc3OCc3ccc(C#N)cc3)c(=O)n2[C@H]1c1ccc(OC)c(OC)c1. The lowest BCUT2D eigenvalue weighted by molar-refractivity contribution is -0.138. The Hall–Kier alpha value is -5.63. The van der Waals surface area contributed by atoms with Crippen molar-refractivity contribution in [3.8, 4) is 23.3 Å². The molecule has 0 spiro atoms. The van der Waals surface area contributed by atoms with Gasteiger partial charge in [0.2, 0.25) is 0 Å². The molecule has 0 saturated heterocycles. The molecule has 0 N–H and O–H groups in total.